The lowest BCUT2D eigenvalue weighted by Crippen LogP contribution is -2.56. The van der Waals surface area contributed by atoms with Gasteiger partial charge >= 0.3 is 12.1 Å². The van der Waals surface area contributed by atoms with Crippen molar-refractivity contribution in [1.82, 2.24) is 15.5 Å². The van der Waals surface area contributed by atoms with Crippen molar-refractivity contribution in [2.75, 3.05) is 27.2 Å². The van der Waals surface area contributed by atoms with Crippen LogP contribution in [0.25, 0.3) is 0 Å². The van der Waals surface area contributed by atoms with Crippen LogP contribution in [-0.2, 0) is 33.3 Å². The summed E-state index contributed by atoms with van der Waals surface area (Å²) in [6, 6.07) is -0.828. The number of hydrogen-bond donors (Lipinski definition) is 3. The maximum atomic E-state index is 13.6. The number of Topliss-reactive ketones (excluding diaryl/α,β-unsaturated/α-hetero) is 1. The number of fused-ring (bicyclic) bond motifs is 1. The maximum Gasteiger partial charge on any atom is 0.408 e. The number of esters is 1. The number of alkyl carbamates (subject to hydrolysis) is 1. The number of carbonyl (C=O) groups excluding carboxylic acids is 3. The lowest BCUT2D eigenvalue weighted by Gasteiger charge is -2.43. The second kappa shape index (κ2) is 15.6. The van der Waals surface area contributed by atoms with Crippen LogP contribution in [0, 0.1) is 11.8 Å². The van der Waals surface area contributed by atoms with Crippen molar-refractivity contribution < 1.29 is 43.2 Å². The molecule has 3 unspecified atom stereocenters. The first-order chi connectivity index (χ1) is 19.9. The van der Waals surface area contributed by atoms with Crippen molar-refractivity contribution in [1.29, 1.82) is 0 Å². The number of ketones is 1. The van der Waals surface area contributed by atoms with E-state index in [4.69, 9.17) is 23.7 Å². The van der Waals surface area contributed by atoms with Crippen LogP contribution in [0.3, 0.4) is 0 Å². The highest BCUT2D eigenvalue weighted by Gasteiger charge is 2.45. The Kier molecular flexibility index (Phi) is 12.8. The Morgan fingerprint density at radius 2 is 1.81 bits per heavy atom. The Hall–Kier alpha value is -2.09. The number of aliphatic hydroxyl groups excluding tert-OH is 1. The summed E-state index contributed by atoms with van der Waals surface area (Å²) in [6.07, 6.45) is -2.48. The molecule has 3 heterocycles. The van der Waals surface area contributed by atoms with Crippen LogP contribution in [0.15, 0.2) is 12.7 Å². The quantitative estimate of drug-likeness (QED) is 0.224. The Balaban J connectivity index is 1.92. The van der Waals surface area contributed by atoms with E-state index in [1.807, 2.05) is 39.8 Å². The number of carbonyl (C=O) groups is 3. The molecule has 0 radical (unpaired) electrons. The lowest BCUT2D eigenvalue weighted by atomic mass is 9.93. The Morgan fingerprint density at radius 3 is 2.45 bits per heavy atom. The minimum absolute atomic E-state index is 0.0630. The molecule has 0 aromatic rings. The van der Waals surface area contributed by atoms with E-state index < -0.39 is 60.8 Å². The molecule has 42 heavy (non-hydrogen) atoms. The van der Waals surface area contributed by atoms with Crippen LogP contribution in [0.5, 0.6) is 0 Å². The SMILES string of the molecule is C=CCO[C@@H]1C[C@@H](C)CN[C@H](C)[C@H]2NC(=O)O[C@@H]2[C@@H](CC)OC(=O)C(C)C(=O)C[C@H]1O[C@@H]1O[C@H](C)CC(N(C)C)C1O. The van der Waals surface area contributed by atoms with Gasteiger partial charge in [0.15, 0.2) is 12.4 Å². The summed E-state index contributed by atoms with van der Waals surface area (Å²) in [6.45, 7) is 13.8. The highest BCUT2D eigenvalue weighted by Crippen LogP contribution is 2.29. The number of nitrogens with zero attached hydrogens (tertiary/aromatic N) is 1. The van der Waals surface area contributed by atoms with Crippen molar-refractivity contribution in [3.63, 3.8) is 0 Å². The summed E-state index contributed by atoms with van der Waals surface area (Å²) in [7, 11) is 3.79. The predicted molar refractivity (Wildman–Crippen MR) is 155 cm³/mol. The molecule has 3 saturated heterocycles. The molecule has 3 aliphatic rings. The lowest BCUT2D eigenvalue weighted by molar-refractivity contribution is -0.279. The summed E-state index contributed by atoms with van der Waals surface area (Å²) in [5, 5.41) is 17.5. The normalized spacial score (nSPS) is 40.7. The fraction of sp³-hybridized carbons (Fsp3) is 0.833. The molecule has 0 saturated carbocycles. The second-order valence-electron chi connectivity index (χ2n) is 12.3. The van der Waals surface area contributed by atoms with Gasteiger partial charge in [-0.2, -0.15) is 0 Å². The van der Waals surface area contributed by atoms with Gasteiger partial charge in [-0.25, -0.2) is 4.79 Å². The summed E-state index contributed by atoms with van der Waals surface area (Å²) in [5.41, 5.74) is 0. The van der Waals surface area contributed by atoms with E-state index in [0.717, 1.165) is 0 Å². The summed E-state index contributed by atoms with van der Waals surface area (Å²) in [5.74, 6) is -2.12. The molecule has 3 aliphatic heterocycles. The van der Waals surface area contributed by atoms with Crippen LogP contribution in [0.1, 0.15) is 60.3 Å². The van der Waals surface area contributed by atoms with Crippen molar-refractivity contribution in [3.05, 3.63) is 12.7 Å². The van der Waals surface area contributed by atoms with Crippen molar-refractivity contribution in [3.8, 4) is 0 Å². The standard InChI is InChI=1S/C30H51N3O9/c1-9-11-38-23-12-16(3)15-31-19(6)25-27(42-30(37)32-25)22(10-2)40-28(36)18(5)21(34)14-24(23)41-29-26(35)20(33(7)8)13-17(4)39-29/h9,16-20,22-27,29,31,35H,1,10-15H2,2-8H3,(H,32,37)/t16-,17-,18?,19-,20?,22-,23-,24-,25-,26?,27-,29+/m1/s1. The molecule has 240 valence electrons. The van der Waals surface area contributed by atoms with Gasteiger partial charge < -0.3 is 44.3 Å². The van der Waals surface area contributed by atoms with E-state index in [2.05, 4.69) is 24.1 Å². The fourth-order valence-electron chi connectivity index (χ4n) is 5.91. The smallest absolute Gasteiger partial charge is 0.408 e. The van der Waals surface area contributed by atoms with Gasteiger partial charge in [0, 0.05) is 18.5 Å². The monoisotopic (exact) mass is 597 g/mol. The molecule has 1 amide bonds. The van der Waals surface area contributed by atoms with Crippen LogP contribution in [0.2, 0.25) is 0 Å². The molecule has 0 aliphatic carbocycles. The van der Waals surface area contributed by atoms with E-state index in [0.29, 0.717) is 25.8 Å². The number of hydrogen-bond acceptors (Lipinski definition) is 11. The predicted octanol–water partition coefficient (Wildman–Crippen LogP) is 1.78. The molecule has 0 bridgehead atoms. The number of cyclic esters (lactones) is 1. The van der Waals surface area contributed by atoms with Crippen LogP contribution in [-0.4, -0.2) is 116 Å². The average molecular weight is 598 g/mol. The van der Waals surface area contributed by atoms with E-state index in [1.54, 1.807) is 6.08 Å². The molecule has 0 spiro atoms. The Labute approximate surface area is 249 Å². The molecule has 3 fully saturated rings. The van der Waals surface area contributed by atoms with E-state index in [1.165, 1.54) is 6.92 Å². The number of nitrogens with one attached hydrogen (secondary N) is 2. The van der Waals surface area contributed by atoms with Gasteiger partial charge in [-0.1, -0.05) is 19.9 Å². The third kappa shape index (κ3) is 8.73. The van der Waals surface area contributed by atoms with Gasteiger partial charge in [0.2, 0.25) is 0 Å². The van der Waals surface area contributed by atoms with Gasteiger partial charge in [0.05, 0.1) is 31.0 Å². The minimum atomic E-state index is -1.10. The average Bonchev–Trinajstić information content (AvgIpc) is 3.33. The zero-order valence-corrected chi connectivity index (χ0v) is 26.1. The third-order valence-corrected chi connectivity index (χ3v) is 8.55. The summed E-state index contributed by atoms with van der Waals surface area (Å²) >= 11 is 0. The number of likely N-dealkylation sites (N-methyl/N-ethyl adjacent to an activating group) is 1. The molecular weight excluding hydrogens is 546 g/mol. The molecule has 12 atom stereocenters. The molecule has 0 aromatic carbocycles. The first-order valence-electron chi connectivity index (χ1n) is 15.2. The summed E-state index contributed by atoms with van der Waals surface area (Å²) < 4.78 is 29.9. The number of ether oxygens (including phenoxy) is 5. The molecule has 12 heteroatoms. The highest BCUT2D eigenvalue weighted by molar-refractivity contribution is 5.98. The van der Waals surface area contributed by atoms with Crippen molar-refractivity contribution >= 4 is 17.8 Å². The Morgan fingerprint density at radius 1 is 1.10 bits per heavy atom. The van der Waals surface area contributed by atoms with Crippen LogP contribution < -0.4 is 10.6 Å². The van der Waals surface area contributed by atoms with Gasteiger partial charge in [-0.05, 0) is 66.6 Å². The number of aliphatic hydroxyl groups is 1. The second-order valence-corrected chi connectivity index (χ2v) is 12.3. The summed E-state index contributed by atoms with van der Waals surface area (Å²) in [4.78, 5) is 40.9. The number of amides is 1. The van der Waals surface area contributed by atoms with Gasteiger partial charge in [-0.15, -0.1) is 6.58 Å². The Bertz CT molecular complexity index is 934. The topological polar surface area (TPSA) is 145 Å². The molecule has 3 rings (SSSR count). The molecule has 12 nitrogen and oxygen atoms in total. The zero-order valence-electron chi connectivity index (χ0n) is 26.1. The van der Waals surface area contributed by atoms with Gasteiger partial charge in [0.25, 0.3) is 0 Å². The van der Waals surface area contributed by atoms with E-state index >= 15 is 0 Å². The van der Waals surface area contributed by atoms with Gasteiger partial charge in [-0.3, -0.25) is 9.59 Å². The van der Waals surface area contributed by atoms with Crippen molar-refractivity contribution in [2.24, 2.45) is 11.8 Å². The fourth-order valence-corrected chi connectivity index (χ4v) is 5.91. The van der Waals surface area contributed by atoms with E-state index in [-0.39, 0.29) is 42.9 Å². The van der Waals surface area contributed by atoms with E-state index in [9.17, 15) is 19.5 Å². The molecule has 0 aromatic heterocycles. The first kappa shape index (κ1) is 34.4. The highest BCUT2D eigenvalue weighted by atomic mass is 16.7. The van der Waals surface area contributed by atoms with Crippen LogP contribution in [0.4, 0.5) is 4.79 Å². The van der Waals surface area contributed by atoms with Gasteiger partial charge in [0.1, 0.15) is 23.9 Å². The number of rotatable bonds is 7. The van der Waals surface area contributed by atoms with Crippen molar-refractivity contribution in [2.45, 2.75) is 121 Å². The maximum absolute atomic E-state index is 13.6. The molecule has 3 N–H and O–H groups in total. The third-order valence-electron chi connectivity index (χ3n) is 8.55. The first-order valence-corrected chi connectivity index (χ1v) is 15.2. The molecular formula is C30H51N3O9. The largest absolute Gasteiger partial charge is 0.458 e. The zero-order chi connectivity index (χ0) is 31.1. The van der Waals surface area contributed by atoms with Crippen LogP contribution >= 0.6 is 0 Å². The minimum Gasteiger partial charge on any atom is -0.458 e.